The number of halogens is 1. The van der Waals surface area contributed by atoms with E-state index in [1.54, 1.807) is 13.8 Å². The number of ether oxygens (including phenoxy) is 2. The molecule has 0 N–H and O–H groups in total. The third-order valence-corrected chi connectivity index (χ3v) is 4.87. The Hall–Kier alpha value is -2.09. The van der Waals surface area contributed by atoms with E-state index in [-0.39, 0.29) is 23.5 Å². The molecule has 0 saturated carbocycles. The fourth-order valence-electron chi connectivity index (χ4n) is 2.98. The van der Waals surface area contributed by atoms with Gasteiger partial charge in [0.1, 0.15) is 6.10 Å². The molecule has 1 aromatic heterocycles. The average molecular weight is 409 g/mol. The van der Waals surface area contributed by atoms with Gasteiger partial charge in [-0.2, -0.15) is 4.74 Å². The third kappa shape index (κ3) is 5.04. The lowest BCUT2D eigenvalue weighted by Crippen LogP contribution is -2.44. The van der Waals surface area contributed by atoms with Crippen LogP contribution in [0.15, 0.2) is 39.6 Å². The zero-order chi connectivity index (χ0) is 20.1. The minimum absolute atomic E-state index is 0.0199. The monoisotopic (exact) mass is 408 g/mol. The standard InChI is InChI=1S/C20H25ClN2O5/c1-14(2)20(25)27-16(12-22-8-10-26-11-9-22)13-23-19(24)17(21)18(28-23)15-6-4-3-5-7-15/h3-7,14,16H,8-13H2,1-2H3. The van der Waals surface area contributed by atoms with Gasteiger partial charge in [0.15, 0.2) is 10.8 Å². The number of rotatable bonds is 7. The van der Waals surface area contributed by atoms with E-state index in [9.17, 15) is 9.59 Å². The second kappa shape index (κ2) is 9.41. The molecule has 0 aliphatic carbocycles. The maximum Gasteiger partial charge on any atom is 0.308 e. The number of aromatic nitrogens is 1. The molecule has 28 heavy (non-hydrogen) atoms. The van der Waals surface area contributed by atoms with Crippen molar-refractivity contribution < 1.29 is 18.8 Å². The van der Waals surface area contributed by atoms with Crippen molar-refractivity contribution in [3.8, 4) is 11.3 Å². The fraction of sp³-hybridized carbons (Fsp3) is 0.500. The van der Waals surface area contributed by atoms with Gasteiger partial charge in [0.25, 0.3) is 0 Å². The highest BCUT2D eigenvalue weighted by atomic mass is 35.5. The molecule has 152 valence electrons. The van der Waals surface area contributed by atoms with Crippen LogP contribution in [0.2, 0.25) is 5.02 Å². The van der Waals surface area contributed by atoms with Crippen molar-refractivity contribution in [2.45, 2.75) is 26.5 Å². The SMILES string of the molecule is CC(C)C(=O)OC(CN1CCOCC1)Cn1oc(-c2ccccc2)c(Cl)c1=O. The minimum atomic E-state index is -0.531. The van der Waals surface area contributed by atoms with E-state index in [2.05, 4.69) is 4.90 Å². The summed E-state index contributed by atoms with van der Waals surface area (Å²) in [4.78, 5) is 26.9. The van der Waals surface area contributed by atoms with Crippen LogP contribution in [0.25, 0.3) is 11.3 Å². The first-order chi connectivity index (χ1) is 13.5. The van der Waals surface area contributed by atoms with Gasteiger partial charge in [-0.15, -0.1) is 0 Å². The van der Waals surface area contributed by atoms with Crippen molar-refractivity contribution >= 4 is 17.6 Å². The molecule has 1 atom stereocenters. The van der Waals surface area contributed by atoms with E-state index >= 15 is 0 Å². The molecule has 7 nitrogen and oxygen atoms in total. The molecular weight excluding hydrogens is 384 g/mol. The summed E-state index contributed by atoms with van der Waals surface area (Å²) in [5.41, 5.74) is 0.278. The number of esters is 1. The molecule has 0 bridgehead atoms. The number of morpholine rings is 1. The quantitative estimate of drug-likeness (QED) is 0.656. The second-order valence-electron chi connectivity index (χ2n) is 7.09. The summed E-state index contributed by atoms with van der Waals surface area (Å²) >= 11 is 6.22. The van der Waals surface area contributed by atoms with Gasteiger partial charge in [-0.1, -0.05) is 55.8 Å². The maximum absolute atomic E-state index is 12.6. The lowest BCUT2D eigenvalue weighted by atomic mass is 10.2. The lowest BCUT2D eigenvalue weighted by molar-refractivity contribution is -0.155. The number of hydrogen-bond acceptors (Lipinski definition) is 6. The van der Waals surface area contributed by atoms with E-state index < -0.39 is 11.7 Å². The molecule has 0 amide bonds. The van der Waals surface area contributed by atoms with Crippen LogP contribution in [0, 0.1) is 5.92 Å². The number of nitrogens with zero attached hydrogens (tertiary/aromatic N) is 2. The van der Waals surface area contributed by atoms with E-state index in [1.807, 2.05) is 30.3 Å². The molecular formula is C20H25ClN2O5. The topological polar surface area (TPSA) is 73.9 Å². The predicted molar refractivity (Wildman–Crippen MR) is 105 cm³/mol. The molecule has 1 unspecified atom stereocenters. The van der Waals surface area contributed by atoms with Gasteiger partial charge in [0.05, 0.1) is 25.7 Å². The van der Waals surface area contributed by atoms with Crippen molar-refractivity contribution in [3.05, 3.63) is 45.7 Å². The van der Waals surface area contributed by atoms with Crippen LogP contribution < -0.4 is 5.56 Å². The molecule has 1 saturated heterocycles. The number of carbonyl (C=O) groups is 1. The number of benzene rings is 1. The van der Waals surface area contributed by atoms with Gasteiger partial charge in [-0.05, 0) is 0 Å². The smallest absolute Gasteiger partial charge is 0.308 e. The molecule has 0 radical (unpaired) electrons. The van der Waals surface area contributed by atoms with Crippen molar-refractivity contribution in [2.75, 3.05) is 32.8 Å². The third-order valence-electron chi connectivity index (χ3n) is 4.54. The highest BCUT2D eigenvalue weighted by Crippen LogP contribution is 2.25. The first kappa shape index (κ1) is 20.6. The van der Waals surface area contributed by atoms with E-state index in [0.29, 0.717) is 31.1 Å². The average Bonchev–Trinajstić information content (AvgIpc) is 2.97. The molecule has 1 aromatic carbocycles. The first-order valence-corrected chi connectivity index (χ1v) is 9.79. The molecule has 3 rings (SSSR count). The molecule has 8 heteroatoms. The maximum atomic E-state index is 12.6. The Kier molecular flexibility index (Phi) is 6.93. The summed E-state index contributed by atoms with van der Waals surface area (Å²) in [5.74, 6) is -0.260. The Morgan fingerprint density at radius 3 is 2.50 bits per heavy atom. The number of carbonyl (C=O) groups excluding carboxylic acids is 1. The summed E-state index contributed by atoms with van der Waals surface area (Å²) in [6.45, 7) is 6.91. The number of hydrogen-bond donors (Lipinski definition) is 0. The molecule has 1 aliphatic rings. The minimum Gasteiger partial charge on any atom is -0.459 e. The molecule has 0 spiro atoms. The van der Waals surface area contributed by atoms with E-state index in [1.165, 1.54) is 4.74 Å². The highest BCUT2D eigenvalue weighted by molar-refractivity contribution is 6.32. The van der Waals surface area contributed by atoms with Crippen LogP contribution in [0.4, 0.5) is 0 Å². The van der Waals surface area contributed by atoms with Gasteiger partial charge in [-0.25, -0.2) is 0 Å². The Labute approximate surface area is 168 Å². The van der Waals surface area contributed by atoms with Crippen LogP contribution in [-0.2, 0) is 20.8 Å². The lowest BCUT2D eigenvalue weighted by Gasteiger charge is -2.30. The summed E-state index contributed by atoms with van der Waals surface area (Å²) in [6.07, 6.45) is -0.531. The van der Waals surface area contributed by atoms with Crippen molar-refractivity contribution in [1.29, 1.82) is 0 Å². The fourth-order valence-corrected chi connectivity index (χ4v) is 3.21. The molecule has 2 aromatic rings. The van der Waals surface area contributed by atoms with Crippen molar-refractivity contribution in [1.82, 2.24) is 9.64 Å². The second-order valence-corrected chi connectivity index (χ2v) is 7.47. The van der Waals surface area contributed by atoms with Crippen LogP contribution in [-0.4, -0.2) is 54.6 Å². The summed E-state index contributed by atoms with van der Waals surface area (Å²) in [5, 5.41) is 0.0199. The largest absolute Gasteiger partial charge is 0.459 e. The summed E-state index contributed by atoms with van der Waals surface area (Å²) in [7, 11) is 0. The van der Waals surface area contributed by atoms with Crippen LogP contribution in [0.1, 0.15) is 13.8 Å². The summed E-state index contributed by atoms with van der Waals surface area (Å²) < 4.78 is 17.9. The van der Waals surface area contributed by atoms with E-state index in [4.69, 9.17) is 25.6 Å². The highest BCUT2D eigenvalue weighted by Gasteiger charge is 2.25. The van der Waals surface area contributed by atoms with Gasteiger partial charge in [0.2, 0.25) is 0 Å². The summed E-state index contributed by atoms with van der Waals surface area (Å²) in [6, 6.07) is 9.19. The molecule has 1 aliphatic heterocycles. The zero-order valence-corrected chi connectivity index (χ0v) is 16.9. The Morgan fingerprint density at radius 2 is 1.86 bits per heavy atom. The first-order valence-electron chi connectivity index (χ1n) is 9.41. The van der Waals surface area contributed by atoms with Crippen molar-refractivity contribution in [2.24, 2.45) is 5.92 Å². The Bertz CT molecular complexity index is 840. The van der Waals surface area contributed by atoms with Crippen LogP contribution in [0.5, 0.6) is 0 Å². The molecule has 1 fully saturated rings. The predicted octanol–water partition coefficient (Wildman–Crippen LogP) is 2.66. The molecule has 2 heterocycles. The van der Waals surface area contributed by atoms with Crippen molar-refractivity contribution in [3.63, 3.8) is 0 Å². The van der Waals surface area contributed by atoms with Gasteiger partial charge >= 0.3 is 11.5 Å². The zero-order valence-electron chi connectivity index (χ0n) is 16.1. The van der Waals surface area contributed by atoms with Gasteiger partial charge < -0.3 is 14.0 Å². The van der Waals surface area contributed by atoms with E-state index in [0.717, 1.165) is 13.1 Å². The van der Waals surface area contributed by atoms with Gasteiger partial charge in [-0.3, -0.25) is 14.5 Å². The van der Waals surface area contributed by atoms with Crippen LogP contribution >= 0.6 is 11.6 Å². The normalized spacial score (nSPS) is 16.3. The Balaban J connectivity index is 1.81. The van der Waals surface area contributed by atoms with Crippen LogP contribution in [0.3, 0.4) is 0 Å². The van der Waals surface area contributed by atoms with Gasteiger partial charge in [0, 0.05) is 25.2 Å². The Morgan fingerprint density at radius 1 is 1.18 bits per heavy atom.